The third-order valence-electron chi connectivity index (χ3n) is 5.06. The summed E-state index contributed by atoms with van der Waals surface area (Å²) < 4.78 is 7.07. The van der Waals surface area contributed by atoms with Crippen molar-refractivity contribution in [3.8, 4) is 11.4 Å². The van der Waals surface area contributed by atoms with Gasteiger partial charge in [-0.05, 0) is 23.3 Å². The van der Waals surface area contributed by atoms with E-state index >= 15 is 0 Å². The second-order valence-electron chi connectivity index (χ2n) is 7.16. The maximum Gasteiger partial charge on any atom is 0.236 e. The summed E-state index contributed by atoms with van der Waals surface area (Å²) in [6.45, 7) is 2.63. The number of ether oxygens (including phenoxy) is 1. The topological polar surface area (TPSA) is 50.6 Å². The van der Waals surface area contributed by atoms with E-state index in [1.165, 1.54) is 11.1 Å². The summed E-state index contributed by atoms with van der Waals surface area (Å²) in [6.07, 6.45) is 3.75. The summed E-state index contributed by atoms with van der Waals surface area (Å²) in [5, 5.41) is 4.42. The van der Waals surface area contributed by atoms with Gasteiger partial charge in [-0.1, -0.05) is 30.3 Å². The molecule has 0 radical (unpaired) electrons. The monoisotopic (exact) mass is 376 g/mol. The molecule has 0 spiro atoms. The first kappa shape index (κ1) is 18.3. The zero-order chi connectivity index (χ0) is 19.5. The largest absolute Gasteiger partial charge is 0.497 e. The fraction of sp³-hybridized carbons (Fsp3) is 0.273. The molecule has 0 N–H and O–H groups in total. The lowest BCUT2D eigenvalue weighted by molar-refractivity contribution is -0.131. The SMILES string of the molecule is COc1cccc(-n2cc(CN(C)C(=O)CN3Cc4ccccc4C3)cn2)c1. The fourth-order valence-corrected chi connectivity index (χ4v) is 3.53. The van der Waals surface area contributed by atoms with Gasteiger partial charge in [0.15, 0.2) is 0 Å². The molecule has 2 aromatic carbocycles. The minimum atomic E-state index is 0.113. The Morgan fingerprint density at radius 2 is 1.89 bits per heavy atom. The normalized spacial score (nSPS) is 13.4. The average Bonchev–Trinajstić information content (AvgIpc) is 3.34. The van der Waals surface area contributed by atoms with E-state index in [0.717, 1.165) is 30.1 Å². The highest BCUT2D eigenvalue weighted by Gasteiger charge is 2.22. The van der Waals surface area contributed by atoms with Gasteiger partial charge < -0.3 is 9.64 Å². The summed E-state index contributed by atoms with van der Waals surface area (Å²) in [4.78, 5) is 16.6. The van der Waals surface area contributed by atoms with Crippen molar-refractivity contribution in [3.05, 3.63) is 77.6 Å². The van der Waals surface area contributed by atoms with Crippen LogP contribution in [0.4, 0.5) is 0 Å². The lowest BCUT2D eigenvalue weighted by atomic mass is 10.1. The number of benzene rings is 2. The molecule has 3 aromatic rings. The first-order valence-electron chi connectivity index (χ1n) is 9.33. The Labute approximate surface area is 164 Å². The Hall–Kier alpha value is -3.12. The molecule has 0 unspecified atom stereocenters. The highest BCUT2D eigenvalue weighted by molar-refractivity contribution is 5.78. The van der Waals surface area contributed by atoms with Gasteiger partial charge in [-0.25, -0.2) is 4.68 Å². The van der Waals surface area contributed by atoms with E-state index in [0.29, 0.717) is 13.1 Å². The number of fused-ring (bicyclic) bond motifs is 1. The van der Waals surface area contributed by atoms with Crippen molar-refractivity contribution < 1.29 is 9.53 Å². The van der Waals surface area contributed by atoms with Crippen molar-refractivity contribution in [2.75, 3.05) is 20.7 Å². The van der Waals surface area contributed by atoms with Crippen molar-refractivity contribution in [1.82, 2.24) is 19.6 Å². The van der Waals surface area contributed by atoms with Gasteiger partial charge in [0, 0.05) is 44.5 Å². The number of likely N-dealkylation sites (N-methyl/N-ethyl adjacent to an activating group) is 1. The van der Waals surface area contributed by atoms with Crippen LogP contribution in [-0.2, 0) is 24.4 Å². The van der Waals surface area contributed by atoms with Crippen LogP contribution in [0, 0.1) is 0 Å². The van der Waals surface area contributed by atoms with E-state index in [4.69, 9.17) is 4.74 Å². The van der Waals surface area contributed by atoms with Gasteiger partial charge in [0.05, 0.1) is 25.5 Å². The maximum atomic E-state index is 12.7. The third-order valence-corrected chi connectivity index (χ3v) is 5.06. The van der Waals surface area contributed by atoms with Crippen LogP contribution in [0.2, 0.25) is 0 Å². The Morgan fingerprint density at radius 3 is 2.61 bits per heavy atom. The van der Waals surface area contributed by atoms with Gasteiger partial charge in [0.1, 0.15) is 5.75 Å². The second-order valence-corrected chi connectivity index (χ2v) is 7.16. The fourth-order valence-electron chi connectivity index (χ4n) is 3.53. The predicted octanol–water partition coefficient (Wildman–Crippen LogP) is 2.86. The molecule has 6 nitrogen and oxygen atoms in total. The lowest BCUT2D eigenvalue weighted by Crippen LogP contribution is -2.35. The molecule has 28 heavy (non-hydrogen) atoms. The van der Waals surface area contributed by atoms with Gasteiger partial charge in [0.2, 0.25) is 5.91 Å². The van der Waals surface area contributed by atoms with E-state index in [-0.39, 0.29) is 5.91 Å². The van der Waals surface area contributed by atoms with E-state index in [1.807, 2.05) is 37.5 Å². The van der Waals surface area contributed by atoms with Crippen LogP contribution in [0.15, 0.2) is 60.9 Å². The van der Waals surface area contributed by atoms with Crippen LogP contribution in [0.25, 0.3) is 5.69 Å². The molecular weight excluding hydrogens is 352 g/mol. The molecule has 1 aromatic heterocycles. The molecule has 4 rings (SSSR count). The molecule has 144 valence electrons. The summed E-state index contributed by atoms with van der Waals surface area (Å²) in [7, 11) is 3.49. The number of nitrogens with zero attached hydrogens (tertiary/aromatic N) is 4. The second kappa shape index (κ2) is 7.86. The van der Waals surface area contributed by atoms with Gasteiger partial charge >= 0.3 is 0 Å². The van der Waals surface area contributed by atoms with Crippen LogP contribution >= 0.6 is 0 Å². The van der Waals surface area contributed by atoms with Crippen molar-refractivity contribution in [2.24, 2.45) is 0 Å². The van der Waals surface area contributed by atoms with E-state index in [1.54, 1.807) is 22.9 Å². The molecule has 0 atom stereocenters. The van der Waals surface area contributed by atoms with Crippen LogP contribution < -0.4 is 4.74 Å². The predicted molar refractivity (Wildman–Crippen MR) is 107 cm³/mol. The van der Waals surface area contributed by atoms with Crippen LogP contribution in [0.5, 0.6) is 5.75 Å². The zero-order valence-corrected chi connectivity index (χ0v) is 16.2. The summed E-state index contributed by atoms with van der Waals surface area (Å²) in [5.74, 6) is 0.899. The first-order chi connectivity index (χ1) is 13.6. The van der Waals surface area contributed by atoms with Crippen molar-refractivity contribution in [2.45, 2.75) is 19.6 Å². The molecule has 2 heterocycles. The zero-order valence-electron chi connectivity index (χ0n) is 16.2. The smallest absolute Gasteiger partial charge is 0.236 e. The minimum absolute atomic E-state index is 0.113. The molecule has 1 aliphatic rings. The molecule has 6 heteroatoms. The van der Waals surface area contributed by atoms with Crippen molar-refractivity contribution >= 4 is 5.91 Å². The van der Waals surface area contributed by atoms with Gasteiger partial charge in [-0.2, -0.15) is 5.10 Å². The minimum Gasteiger partial charge on any atom is -0.497 e. The molecule has 1 aliphatic heterocycles. The van der Waals surface area contributed by atoms with Crippen molar-refractivity contribution in [3.63, 3.8) is 0 Å². The maximum absolute atomic E-state index is 12.7. The standard InChI is InChI=1S/C22H24N4O2/c1-24(22(27)16-25-14-18-6-3-4-7-19(18)15-25)12-17-11-23-26(13-17)20-8-5-9-21(10-20)28-2/h3-11,13H,12,14-16H2,1-2H3. The summed E-state index contributed by atoms with van der Waals surface area (Å²) in [5.41, 5.74) is 4.55. The molecule has 1 amide bonds. The molecule has 0 bridgehead atoms. The number of carbonyl (C=O) groups is 1. The average molecular weight is 376 g/mol. The number of amides is 1. The number of hydrogen-bond acceptors (Lipinski definition) is 4. The third kappa shape index (κ3) is 3.92. The molecule has 0 saturated heterocycles. The first-order valence-corrected chi connectivity index (χ1v) is 9.33. The lowest BCUT2D eigenvalue weighted by Gasteiger charge is -2.20. The number of carbonyl (C=O) groups excluding carboxylic acids is 1. The van der Waals surface area contributed by atoms with Gasteiger partial charge in [-0.15, -0.1) is 0 Å². The summed E-state index contributed by atoms with van der Waals surface area (Å²) in [6, 6.07) is 16.1. The summed E-state index contributed by atoms with van der Waals surface area (Å²) >= 11 is 0. The molecule has 0 aliphatic carbocycles. The number of aromatic nitrogens is 2. The quantitative estimate of drug-likeness (QED) is 0.664. The highest BCUT2D eigenvalue weighted by atomic mass is 16.5. The molecule has 0 fully saturated rings. The number of methoxy groups -OCH3 is 1. The number of hydrogen-bond donors (Lipinski definition) is 0. The molecular formula is C22H24N4O2. The van der Waals surface area contributed by atoms with E-state index in [2.05, 4.69) is 34.3 Å². The highest BCUT2D eigenvalue weighted by Crippen LogP contribution is 2.22. The van der Waals surface area contributed by atoms with Crippen LogP contribution in [-0.4, -0.2) is 46.2 Å². The van der Waals surface area contributed by atoms with Crippen LogP contribution in [0.1, 0.15) is 16.7 Å². The van der Waals surface area contributed by atoms with Crippen LogP contribution in [0.3, 0.4) is 0 Å². The van der Waals surface area contributed by atoms with Gasteiger partial charge in [0.25, 0.3) is 0 Å². The Morgan fingerprint density at radius 1 is 1.14 bits per heavy atom. The Balaban J connectivity index is 1.35. The van der Waals surface area contributed by atoms with Gasteiger partial charge in [-0.3, -0.25) is 9.69 Å². The van der Waals surface area contributed by atoms with E-state index in [9.17, 15) is 4.79 Å². The Kier molecular flexibility index (Phi) is 5.12. The molecule has 0 saturated carbocycles. The number of rotatable bonds is 6. The van der Waals surface area contributed by atoms with E-state index < -0.39 is 0 Å². The van der Waals surface area contributed by atoms with Crippen molar-refractivity contribution in [1.29, 1.82) is 0 Å². The Bertz CT molecular complexity index is 957.